The highest BCUT2D eigenvalue weighted by molar-refractivity contribution is 8.26. The van der Waals surface area contributed by atoms with E-state index in [2.05, 4.69) is 21.9 Å². The predicted molar refractivity (Wildman–Crippen MR) is 124 cm³/mol. The van der Waals surface area contributed by atoms with Crippen LogP contribution in [0.15, 0.2) is 56.5 Å². The number of likely N-dealkylation sites (tertiary alicyclic amines) is 1. The number of hydrazone groups is 1. The van der Waals surface area contributed by atoms with Crippen molar-refractivity contribution in [2.45, 2.75) is 19.8 Å². The van der Waals surface area contributed by atoms with Crippen LogP contribution in [0.5, 0.6) is 0 Å². The molecule has 0 radical (unpaired) electrons. The third-order valence-corrected chi connectivity index (χ3v) is 6.85. The van der Waals surface area contributed by atoms with Gasteiger partial charge in [-0.25, -0.2) is 0 Å². The van der Waals surface area contributed by atoms with Gasteiger partial charge in [-0.3, -0.25) is 10.2 Å². The summed E-state index contributed by atoms with van der Waals surface area (Å²) in [6.07, 6.45) is 3.76. The average Bonchev–Trinajstić information content (AvgIpc) is 3.39. The summed E-state index contributed by atoms with van der Waals surface area (Å²) in [5.74, 6) is 1.28. The number of rotatable bonds is 2. The largest absolute Gasteiger partial charge is 0.457 e. The number of benzene rings is 1. The fourth-order valence-corrected chi connectivity index (χ4v) is 4.86. The molecule has 158 valence electrons. The fourth-order valence-electron chi connectivity index (χ4n) is 3.69. The van der Waals surface area contributed by atoms with Crippen LogP contribution in [-0.2, 0) is 4.79 Å². The number of fused-ring (bicyclic) bond motifs is 1. The van der Waals surface area contributed by atoms with Gasteiger partial charge in [-0.2, -0.15) is 10.0 Å². The minimum atomic E-state index is -0.469. The minimum Gasteiger partial charge on any atom is -0.457 e. The molecule has 0 atom stereocenters. The number of amides is 1. The number of halogens is 1. The lowest BCUT2D eigenvalue weighted by Gasteiger charge is -2.30. The molecule has 0 aliphatic carbocycles. The smallest absolute Gasteiger partial charge is 0.283 e. The zero-order valence-corrected chi connectivity index (χ0v) is 18.4. The van der Waals surface area contributed by atoms with E-state index < -0.39 is 5.91 Å². The number of hydrogen-bond acceptors (Lipinski definition) is 6. The van der Waals surface area contributed by atoms with Crippen molar-refractivity contribution in [3.8, 4) is 11.3 Å². The molecule has 0 spiro atoms. The zero-order chi connectivity index (χ0) is 21.5. The number of aliphatic imine (C=N–C) groups is 1. The molecule has 1 saturated heterocycles. The summed E-state index contributed by atoms with van der Waals surface area (Å²) >= 11 is 7.59. The minimum absolute atomic E-state index is 0.00132. The van der Waals surface area contributed by atoms with Crippen molar-refractivity contribution < 1.29 is 9.21 Å². The summed E-state index contributed by atoms with van der Waals surface area (Å²) in [6, 6.07) is 10.9. The van der Waals surface area contributed by atoms with Gasteiger partial charge in [0.1, 0.15) is 11.5 Å². The third-order valence-electron chi connectivity index (χ3n) is 5.55. The first kappa shape index (κ1) is 20.1. The van der Waals surface area contributed by atoms with Gasteiger partial charge >= 0.3 is 0 Å². The van der Waals surface area contributed by atoms with E-state index in [4.69, 9.17) is 21.4 Å². The molecule has 3 aliphatic rings. The van der Waals surface area contributed by atoms with Gasteiger partial charge in [0.15, 0.2) is 11.0 Å². The molecule has 2 aromatic rings. The number of piperidine rings is 1. The Hall–Kier alpha value is -2.84. The summed E-state index contributed by atoms with van der Waals surface area (Å²) in [4.78, 5) is 19.0. The fraction of sp³-hybridized carbons (Fsp3) is 0.273. The van der Waals surface area contributed by atoms with Gasteiger partial charge in [-0.15, -0.1) is 5.10 Å². The van der Waals surface area contributed by atoms with Gasteiger partial charge in [0.05, 0.1) is 10.6 Å². The molecule has 5 rings (SSSR count). The van der Waals surface area contributed by atoms with Crippen LogP contribution in [0, 0.1) is 11.3 Å². The number of hydrogen-bond donors (Lipinski definition) is 1. The first-order valence-electron chi connectivity index (χ1n) is 10.1. The summed E-state index contributed by atoms with van der Waals surface area (Å²) in [6.45, 7) is 4.11. The van der Waals surface area contributed by atoms with E-state index in [1.165, 1.54) is 22.8 Å². The second kappa shape index (κ2) is 8.01. The second-order valence-corrected chi connectivity index (χ2v) is 9.10. The lowest BCUT2D eigenvalue weighted by Crippen LogP contribution is -2.36. The number of amidine groups is 3. The number of nitrogens with one attached hydrogen (secondary N) is 1. The molecule has 1 fully saturated rings. The molecule has 1 N–H and O–H groups in total. The number of thioether (sulfide) groups is 1. The topological polar surface area (TPSA) is 85.3 Å². The van der Waals surface area contributed by atoms with Crippen LogP contribution in [0.2, 0.25) is 5.02 Å². The van der Waals surface area contributed by atoms with Crippen LogP contribution in [0.25, 0.3) is 17.4 Å². The summed E-state index contributed by atoms with van der Waals surface area (Å²) in [5.41, 5.74) is 0.905. The monoisotopic (exact) mass is 453 g/mol. The Labute approximate surface area is 189 Å². The molecule has 1 amide bonds. The lowest BCUT2D eigenvalue weighted by atomic mass is 10.00. The van der Waals surface area contributed by atoms with E-state index in [0.29, 0.717) is 27.6 Å². The predicted octanol–water partition coefficient (Wildman–Crippen LogP) is 4.91. The SMILES string of the molecule is CC1CCN(C2=NN3C(=N)/C(=C/c4ccc(-c5ccccc5Cl)o4)C(=O)N=C3S2)CC1. The first-order chi connectivity index (χ1) is 15.0. The molecule has 3 aliphatic heterocycles. The van der Waals surface area contributed by atoms with Crippen LogP contribution in [-0.4, -0.2) is 45.1 Å². The average molecular weight is 454 g/mol. The van der Waals surface area contributed by atoms with Crippen LogP contribution >= 0.6 is 23.4 Å². The maximum absolute atomic E-state index is 12.6. The Bertz CT molecular complexity index is 1160. The molecule has 31 heavy (non-hydrogen) atoms. The normalized spacial score (nSPS) is 20.9. The Morgan fingerprint density at radius 2 is 1.97 bits per heavy atom. The molecule has 4 heterocycles. The van der Waals surface area contributed by atoms with Crippen LogP contribution in [0.3, 0.4) is 0 Å². The molecule has 0 bridgehead atoms. The van der Waals surface area contributed by atoms with Crippen molar-refractivity contribution in [3.05, 3.63) is 52.8 Å². The van der Waals surface area contributed by atoms with Crippen molar-refractivity contribution >= 4 is 51.5 Å². The molecule has 1 aromatic carbocycles. The van der Waals surface area contributed by atoms with Crippen LogP contribution in [0.4, 0.5) is 0 Å². The van der Waals surface area contributed by atoms with Crippen LogP contribution in [0.1, 0.15) is 25.5 Å². The van der Waals surface area contributed by atoms with Crippen molar-refractivity contribution in [2.75, 3.05) is 13.1 Å². The highest BCUT2D eigenvalue weighted by Gasteiger charge is 2.38. The molecular formula is C22H20ClN5O2S. The highest BCUT2D eigenvalue weighted by Crippen LogP contribution is 2.33. The van der Waals surface area contributed by atoms with E-state index in [1.54, 1.807) is 18.2 Å². The number of carbonyl (C=O) groups is 1. The van der Waals surface area contributed by atoms with Gasteiger partial charge in [0, 0.05) is 18.7 Å². The van der Waals surface area contributed by atoms with E-state index in [9.17, 15) is 4.79 Å². The maximum atomic E-state index is 12.6. The number of carbonyl (C=O) groups excluding carboxylic acids is 1. The number of nitrogens with zero attached hydrogens (tertiary/aromatic N) is 4. The van der Waals surface area contributed by atoms with E-state index in [-0.39, 0.29) is 11.4 Å². The molecule has 0 unspecified atom stereocenters. The summed E-state index contributed by atoms with van der Waals surface area (Å²) in [5, 5.41) is 16.4. The molecule has 0 saturated carbocycles. The Balaban J connectivity index is 1.40. The van der Waals surface area contributed by atoms with E-state index >= 15 is 0 Å². The van der Waals surface area contributed by atoms with Crippen molar-refractivity contribution in [1.82, 2.24) is 9.91 Å². The molecule has 7 nitrogen and oxygen atoms in total. The van der Waals surface area contributed by atoms with Gasteiger partial charge in [-0.05, 0) is 60.9 Å². The van der Waals surface area contributed by atoms with Gasteiger partial charge < -0.3 is 9.32 Å². The molecular weight excluding hydrogens is 434 g/mol. The quantitative estimate of drug-likeness (QED) is 0.653. The first-order valence-corrected chi connectivity index (χ1v) is 11.3. The van der Waals surface area contributed by atoms with Crippen molar-refractivity contribution in [2.24, 2.45) is 16.0 Å². The molecule has 1 aromatic heterocycles. The van der Waals surface area contributed by atoms with Gasteiger partial charge in [0.2, 0.25) is 5.17 Å². The Kier molecular flexibility index (Phi) is 5.19. The second-order valence-electron chi connectivity index (χ2n) is 7.75. The zero-order valence-electron chi connectivity index (χ0n) is 16.8. The van der Waals surface area contributed by atoms with Crippen molar-refractivity contribution in [1.29, 1.82) is 5.41 Å². The Morgan fingerprint density at radius 1 is 1.19 bits per heavy atom. The third kappa shape index (κ3) is 3.81. The van der Waals surface area contributed by atoms with Crippen LogP contribution < -0.4 is 0 Å². The lowest BCUT2D eigenvalue weighted by molar-refractivity contribution is -0.114. The van der Waals surface area contributed by atoms with Crippen molar-refractivity contribution in [3.63, 3.8) is 0 Å². The maximum Gasteiger partial charge on any atom is 0.283 e. The summed E-state index contributed by atoms with van der Waals surface area (Å²) in [7, 11) is 0. The number of furan rings is 1. The summed E-state index contributed by atoms with van der Waals surface area (Å²) < 4.78 is 5.86. The van der Waals surface area contributed by atoms with Gasteiger partial charge in [-0.1, -0.05) is 30.7 Å². The van der Waals surface area contributed by atoms with E-state index in [1.807, 2.05) is 18.2 Å². The molecule has 9 heteroatoms. The standard InChI is InChI=1S/C22H20ClN5O2S/c1-13-8-10-27(11-9-13)22-26-28-19(24)16(20(29)25-21(28)31-22)12-14-6-7-18(30-14)15-4-2-3-5-17(15)23/h2-7,12-13,24H,8-11H2,1H3/b16-12-,24-19?. The van der Waals surface area contributed by atoms with Gasteiger partial charge in [0.25, 0.3) is 5.91 Å². The van der Waals surface area contributed by atoms with E-state index in [0.717, 1.165) is 36.7 Å². The highest BCUT2D eigenvalue weighted by atomic mass is 35.5. The Morgan fingerprint density at radius 3 is 2.74 bits per heavy atom.